The van der Waals surface area contributed by atoms with Crippen LogP contribution in [0.4, 0.5) is 4.39 Å². The zero-order valence-electron chi connectivity index (χ0n) is 15.0. The number of carbonyl (C=O) groups excluding carboxylic acids is 2. The predicted molar refractivity (Wildman–Crippen MR) is 102 cm³/mol. The second kappa shape index (κ2) is 8.06. The molecule has 1 atom stereocenters. The number of halogens is 2. The summed E-state index contributed by atoms with van der Waals surface area (Å²) in [5.74, 6) is -1.30. The molecule has 2 aromatic carbocycles. The van der Waals surface area contributed by atoms with Crippen LogP contribution in [-0.4, -0.2) is 47.8 Å². The molecule has 1 fully saturated rings. The van der Waals surface area contributed by atoms with Crippen LogP contribution in [0.25, 0.3) is 0 Å². The molecule has 0 aromatic heterocycles. The van der Waals surface area contributed by atoms with Gasteiger partial charge in [0.1, 0.15) is 11.9 Å². The van der Waals surface area contributed by atoms with Crippen molar-refractivity contribution in [1.29, 1.82) is 0 Å². The topological polar surface area (TPSA) is 66.6 Å². The first-order valence-electron chi connectivity index (χ1n) is 8.72. The van der Waals surface area contributed by atoms with Crippen molar-refractivity contribution in [3.8, 4) is 0 Å². The zero-order chi connectivity index (χ0) is 19.6. The van der Waals surface area contributed by atoms with E-state index in [0.29, 0.717) is 26.2 Å². The van der Waals surface area contributed by atoms with Crippen molar-refractivity contribution in [1.82, 2.24) is 9.80 Å². The quantitative estimate of drug-likeness (QED) is 0.877. The summed E-state index contributed by atoms with van der Waals surface area (Å²) in [6.45, 7) is 3.26. The van der Waals surface area contributed by atoms with Crippen molar-refractivity contribution in [2.45, 2.75) is 13.0 Å². The lowest BCUT2D eigenvalue weighted by atomic mass is 10.0. The van der Waals surface area contributed by atoms with Gasteiger partial charge in [-0.1, -0.05) is 47.5 Å². The summed E-state index contributed by atoms with van der Waals surface area (Å²) in [4.78, 5) is 28.4. The molecule has 1 aliphatic rings. The van der Waals surface area contributed by atoms with Crippen molar-refractivity contribution >= 4 is 23.4 Å². The van der Waals surface area contributed by atoms with Crippen molar-refractivity contribution < 1.29 is 14.0 Å². The van der Waals surface area contributed by atoms with E-state index in [1.807, 2.05) is 31.2 Å². The van der Waals surface area contributed by atoms with Crippen LogP contribution in [-0.2, 0) is 4.79 Å². The highest BCUT2D eigenvalue weighted by molar-refractivity contribution is 6.33. The first-order chi connectivity index (χ1) is 12.9. The third-order valence-corrected chi connectivity index (χ3v) is 5.07. The maximum absolute atomic E-state index is 14.0. The fraction of sp³-hybridized carbons (Fsp3) is 0.300. The molecule has 2 N–H and O–H groups in total. The smallest absolute Gasteiger partial charge is 0.258 e. The molecule has 142 valence electrons. The van der Waals surface area contributed by atoms with Gasteiger partial charge in [0.05, 0.1) is 10.6 Å². The molecular formula is C20H21ClFN3O2. The van der Waals surface area contributed by atoms with Crippen LogP contribution in [0.2, 0.25) is 5.02 Å². The highest BCUT2D eigenvalue weighted by Gasteiger charge is 2.30. The SMILES string of the molecule is Cc1ccc(C(N)C(=O)N2CCN(C(=O)c3c(F)cccc3Cl)CC2)cc1. The summed E-state index contributed by atoms with van der Waals surface area (Å²) in [7, 11) is 0. The second-order valence-corrected chi connectivity index (χ2v) is 7.01. The van der Waals surface area contributed by atoms with Gasteiger partial charge in [-0.15, -0.1) is 0 Å². The second-order valence-electron chi connectivity index (χ2n) is 6.60. The fourth-order valence-corrected chi connectivity index (χ4v) is 3.35. The Morgan fingerprint density at radius 2 is 1.63 bits per heavy atom. The molecule has 0 spiro atoms. The Balaban J connectivity index is 1.64. The largest absolute Gasteiger partial charge is 0.337 e. The summed E-state index contributed by atoms with van der Waals surface area (Å²) in [6, 6.07) is 10.9. The summed E-state index contributed by atoms with van der Waals surface area (Å²) < 4.78 is 14.0. The van der Waals surface area contributed by atoms with Gasteiger partial charge in [-0.25, -0.2) is 4.39 Å². The Morgan fingerprint density at radius 1 is 1.04 bits per heavy atom. The number of hydrogen-bond donors (Lipinski definition) is 1. The van der Waals surface area contributed by atoms with Gasteiger partial charge in [0, 0.05) is 26.2 Å². The number of hydrogen-bond acceptors (Lipinski definition) is 3. The molecule has 0 aliphatic carbocycles. The number of aryl methyl sites for hydroxylation is 1. The summed E-state index contributed by atoms with van der Waals surface area (Å²) in [6.07, 6.45) is 0. The monoisotopic (exact) mass is 389 g/mol. The normalized spacial score (nSPS) is 15.6. The number of nitrogens with two attached hydrogens (primary N) is 1. The van der Waals surface area contributed by atoms with Crippen LogP contribution >= 0.6 is 11.6 Å². The van der Waals surface area contributed by atoms with Crippen molar-refractivity contribution in [2.75, 3.05) is 26.2 Å². The predicted octanol–water partition coefficient (Wildman–Crippen LogP) is 2.77. The van der Waals surface area contributed by atoms with Gasteiger partial charge in [-0.2, -0.15) is 0 Å². The molecule has 0 bridgehead atoms. The first-order valence-corrected chi connectivity index (χ1v) is 9.10. The van der Waals surface area contributed by atoms with Crippen LogP contribution in [0, 0.1) is 12.7 Å². The van der Waals surface area contributed by atoms with E-state index in [9.17, 15) is 14.0 Å². The van der Waals surface area contributed by atoms with Crippen LogP contribution < -0.4 is 5.73 Å². The van der Waals surface area contributed by atoms with Crippen molar-refractivity contribution in [3.63, 3.8) is 0 Å². The Kier molecular flexibility index (Phi) is 5.77. The molecule has 1 heterocycles. The van der Waals surface area contributed by atoms with Gasteiger partial charge in [0.2, 0.25) is 5.91 Å². The fourth-order valence-electron chi connectivity index (χ4n) is 3.10. The molecular weight excluding hydrogens is 369 g/mol. The third kappa shape index (κ3) is 4.12. The molecule has 0 saturated carbocycles. The van der Waals surface area contributed by atoms with Gasteiger partial charge in [0.15, 0.2) is 0 Å². The van der Waals surface area contributed by atoms with E-state index in [2.05, 4.69) is 0 Å². The van der Waals surface area contributed by atoms with E-state index in [1.165, 1.54) is 23.1 Å². The summed E-state index contributed by atoms with van der Waals surface area (Å²) in [5.41, 5.74) is 7.82. The van der Waals surface area contributed by atoms with E-state index in [4.69, 9.17) is 17.3 Å². The molecule has 27 heavy (non-hydrogen) atoms. The standard InChI is InChI=1S/C20H21ClFN3O2/c1-13-5-7-14(8-6-13)18(23)20(27)25-11-9-24(10-12-25)19(26)17-15(21)3-2-4-16(17)22/h2-8,18H,9-12,23H2,1H3. The molecule has 3 rings (SSSR count). The Labute approximate surface area is 162 Å². The Hall–Kier alpha value is -2.44. The number of benzene rings is 2. The molecule has 1 saturated heterocycles. The van der Waals surface area contributed by atoms with Crippen LogP contribution in [0.15, 0.2) is 42.5 Å². The molecule has 0 radical (unpaired) electrons. The highest BCUT2D eigenvalue weighted by atomic mass is 35.5. The molecule has 1 unspecified atom stereocenters. The maximum Gasteiger partial charge on any atom is 0.258 e. The minimum Gasteiger partial charge on any atom is -0.337 e. The van der Waals surface area contributed by atoms with E-state index >= 15 is 0 Å². The third-order valence-electron chi connectivity index (χ3n) is 4.76. The molecule has 1 aliphatic heterocycles. The van der Waals surface area contributed by atoms with Crippen LogP contribution in [0.1, 0.15) is 27.5 Å². The minimum absolute atomic E-state index is 0.0832. The molecule has 2 amide bonds. The van der Waals surface area contributed by atoms with E-state index in [0.717, 1.165) is 11.1 Å². The van der Waals surface area contributed by atoms with Gasteiger partial charge < -0.3 is 15.5 Å². The highest BCUT2D eigenvalue weighted by Crippen LogP contribution is 2.22. The van der Waals surface area contributed by atoms with Crippen molar-refractivity contribution in [3.05, 3.63) is 70.0 Å². The molecule has 2 aromatic rings. The number of piperazine rings is 1. The van der Waals surface area contributed by atoms with Crippen molar-refractivity contribution in [2.24, 2.45) is 5.73 Å². The van der Waals surface area contributed by atoms with Gasteiger partial charge >= 0.3 is 0 Å². The van der Waals surface area contributed by atoms with Gasteiger partial charge in [-0.3, -0.25) is 9.59 Å². The molecule has 7 heteroatoms. The molecule has 5 nitrogen and oxygen atoms in total. The zero-order valence-corrected chi connectivity index (χ0v) is 15.7. The average Bonchev–Trinajstić information content (AvgIpc) is 2.67. The number of rotatable bonds is 3. The van der Waals surface area contributed by atoms with Crippen LogP contribution in [0.3, 0.4) is 0 Å². The number of carbonyl (C=O) groups is 2. The van der Waals surface area contributed by atoms with E-state index in [-0.39, 0.29) is 16.5 Å². The number of amides is 2. The number of nitrogens with zero attached hydrogens (tertiary/aromatic N) is 2. The summed E-state index contributed by atoms with van der Waals surface area (Å²) in [5, 5.41) is 0.0832. The maximum atomic E-state index is 14.0. The Bertz CT molecular complexity index is 829. The first kappa shape index (κ1) is 19.3. The van der Waals surface area contributed by atoms with Crippen LogP contribution in [0.5, 0.6) is 0 Å². The van der Waals surface area contributed by atoms with E-state index < -0.39 is 17.8 Å². The lowest BCUT2D eigenvalue weighted by molar-refractivity contribution is -0.134. The average molecular weight is 390 g/mol. The van der Waals surface area contributed by atoms with Gasteiger partial charge in [0.25, 0.3) is 5.91 Å². The minimum atomic E-state index is -0.742. The lowest BCUT2D eigenvalue weighted by Crippen LogP contribution is -2.52. The Morgan fingerprint density at radius 3 is 2.22 bits per heavy atom. The summed E-state index contributed by atoms with van der Waals surface area (Å²) >= 11 is 5.97. The van der Waals surface area contributed by atoms with E-state index in [1.54, 1.807) is 4.90 Å². The lowest BCUT2D eigenvalue weighted by Gasteiger charge is -2.36. The van der Waals surface area contributed by atoms with Gasteiger partial charge in [-0.05, 0) is 24.6 Å².